The van der Waals surface area contributed by atoms with Crippen molar-refractivity contribution in [3.63, 3.8) is 0 Å². The summed E-state index contributed by atoms with van der Waals surface area (Å²) in [6.45, 7) is 4.77. The fraction of sp³-hybridized carbons (Fsp3) is 0.295. The molecule has 3 aliphatic heterocycles. The van der Waals surface area contributed by atoms with Crippen LogP contribution in [-0.4, -0.2) is 82.6 Å². The first-order valence-electron chi connectivity index (χ1n) is 18.3. The number of Topliss-reactive ketones (excluding diaryl/α,β-unsaturated/α-hetero) is 1. The Hall–Kier alpha value is -4.58. The number of carbonyl (C=O) groups excluding carboxylic acids is 1. The fourth-order valence-electron chi connectivity index (χ4n) is 6.89. The average Bonchev–Trinajstić information content (AvgIpc) is 3.18. The van der Waals surface area contributed by atoms with Crippen molar-refractivity contribution in [3.05, 3.63) is 148 Å². The quantitative estimate of drug-likeness (QED) is 0.105. The number of hydrogen-bond donors (Lipinski definition) is 3. The SMILES string of the molecule is CN1CCC(=C2c3ccccc3Sc3ccccc32)CC1.O=C(CCCN1CCC(O)(c2ccc(Cl)cc2)CC1)c1ccc(F)cc1.O=C(O)C=CC(=O)O. The standard InChI is InChI=1S/C21H23ClFNO2.C19H19NS.C4H4O4/c22-18-7-5-17(6-8-18)21(26)11-14-24(15-12-21)13-1-2-20(25)16-3-9-19(23)10-4-16;1-20-12-10-14(11-13-20)19-15-6-2-4-8-17(15)21-18-9-5-3-7-16(18)19;5-3(6)1-2-4(7)8/h3-10,26H,1-2,11-15H2;2-9H,10-13H2,1H3;1-2H,(H,5,6)(H,7,8). The second-order valence-corrected chi connectivity index (χ2v) is 15.3. The summed E-state index contributed by atoms with van der Waals surface area (Å²) in [4.78, 5) is 38.7. The Morgan fingerprint density at radius 1 is 0.782 bits per heavy atom. The number of likely N-dealkylation sites (tertiary alicyclic amines) is 2. The molecule has 7 rings (SSSR count). The maximum Gasteiger partial charge on any atom is 0.328 e. The van der Waals surface area contributed by atoms with Crippen LogP contribution in [0.1, 0.15) is 65.6 Å². The monoisotopic (exact) mass is 784 g/mol. The van der Waals surface area contributed by atoms with E-state index < -0.39 is 17.5 Å². The van der Waals surface area contributed by atoms with Crippen LogP contribution in [0.25, 0.3) is 5.57 Å². The number of rotatable bonds is 8. The predicted molar refractivity (Wildman–Crippen MR) is 215 cm³/mol. The third kappa shape index (κ3) is 12.0. The fourth-order valence-corrected chi connectivity index (χ4v) is 8.10. The second-order valence-electron chi connectivity index (χ2n) is 13.8. The summed E-state index contributed by atoms with van der Waals surface area (Å²) in [5, 5.41) is 27.2. The van der Waals surface area contributed by atoms with Gasteiger partial charge in [0, 0.05) is 65.1 Å². The number of nitrogens with zero attached hydrogens (tertiary/aromatic N) is 2. The third-order valence-corrected chi connectivity index (χ3v) is 11.4. The van der Waals surface area contributed by atoms with Gasteiger partial charge < -0.3 is 25.1 Å². The molecule has 3 heterocycles. The summed E-state index contributed by atoms with van der Waals surface area (Å²) in [5.74, 6) is -2.80. The van der Waals surface area contributed by atoms with Gasteiger partial charge in [0.1, 0.15) is 5.82 Å². The van der Waals surface area contributed by atoms with Crippen molar-refractivity contribution in [3.8, 4) is 0 Å². The van der Waals surface area contributed by atoms with E-state index in [9.17, 15) is 23.9 Å². The molecule has 8 nitrogen and oxygen atoms in total. The van der Waals surface area contributed by atoms with Crippen molar-refractivity contribution in [2.24, 2.45) is 0 Å². The van der Waals surface area contributed by atoms with Crippen LogP contribution < -0.4 is 0 Å². The van der Waals surface area contributed by atoms with E-state index in [1.165, 1.54) is 76.7 Å². The minimum Gasteiger partial charge on any atom is -0.478 e. The van der Waals surface area contributed by atoms with Gasteiger partial charge in [-0.3, -0.25) is 4.79 Å². The molecule has 2 fully saturated rings. The second kappa shape index (κ2) is 19.8. The molecule has 288 valence electrons. The zero-order chi connectivity index (χ0) is 39.4. The molecular weight excluding hydrogens is 739 g/mol. The van der Waals surface area contributed by atoms with Crippen LogP contribution in [0, 0.1) is 5.82 Å². The molecule has 55 heavy (non-hydrogen) atoms. The molecule has 0 aromatic heterocycles. The van der Waals surface area contributed by atoms with Crippen molar-refractivity contribution < 1.29 is 34.1 Å². The molecule has 0 saturated carbocycles. The number of ketones is 1. The molecular formula is C44H46ClFN2O6S. The summed E-state index contributed by atoms with van der Waals surface area (Å²) in [5.41, 5.74) is 6.67. The lowest BCUT2D eigenvalue weighted by Crippen LogP contribution is -2.42. The van der Waals surface area contributed by atoms with E-state index in [0.717, 1.165) is 31.6 Å². The molecule has 0 atom stereocenters. The van der Waals surface area contributed by atoms with Crippen LogP contribution in [0.4, 0.5) is 4.39 Å². The first-order chi connectivity index (χ1) is 26.4. The highest BCUT2D eigenvalue weighted by molar-refractivity contribution is 7.99. The molecule has 0 aliphatic carbocycles. The summed E-state index contributed by atoms with van der Waals surface area (Å²) in [7, 11) is 2.22. The number of aliphatic carboxylic acids is 2. The Morgan fingerprint density at radius 3 is 1.84 bits per heavy atom. The largest absolute Gasteiger partial charge is 0.478 e. The highest BCUT2D eigenvalue weighted by Crippen LogP contribution is 2.47. The van der Waals surface area contributed by atoms with Crippen LogP contribution in [0.3, 0.4) is 0 Å². The minimum atomic E-state index is -1.26. The molecule has 0 spiro atoms. The first-order valence-corrected chi connectivity index (χ1v) is 19.5. The molecule has 4 aromatic carbocycles. The molecule has 0 bridgehead atoms. The summed E-state index contributed by atoms with van der Waals surface area (Å²) >= 11 is 7.82. The van der Waals surface area contributed by atoms with Crippen LogP contribution in [0.15, 0.2) is 125 Å². The zero-order valence-electron chi connectivity index (χ0n) is 30.8. The first kappa shape index (κ1) is 41.6. The number of piperidine rings is 2. The van der Waals surface area contributed by atoms with Gasteiger partial charge in [-0.1, -0.05) is 77.5 Å². The molecule has 3 aliphatic rings. The number of hydrogen-bond acceptors (Lipinski definition) is 7. The van der Waals surface area contributed by atoms with Crippen LogP contribution in [0.2, 0.25) is 5.02 Å². The average molecular weight is 785 g/mol. The van der Waals surface area contributed by atoms with Crippen molar-refractivity contribution in [1.29, 1.82) is 0 Å². The number of carbonyl (C=O) groups is 3. The highest BCUT2D eigenvalue weighted by atomic mass is 35.5. The van der Waals surface area contributed by atoms with Gasteiger partial charge in [0.05, 0.1) is 5.60 Å². The molecule has 0 unspecified atom stereocenters. The lowest BCUT2D eigenvalue weighted by Gasteiger charge is -2.38. The van der Waals surface area contributed by atoms with E-state index in [0.29, 0.717) is 42.0 Å². The third-order valence-electron chi connectivity index (χ3n) is 9.95. The topological polar surface area (TPSA) is 118 Å². The molecule has 3 N–H and O–H groups in total. The lowest BCUT2D eigenvalue weighted by molar-refractivity contribution is -0.134. The van der Waals surface area contributed by atoms with E-state index in [1.807, 2.05) is 36.0 Å². The van der Waals surface area contributed by atoms with Gasteiger partial charge in [0.15, 0.2) is 5.78 Å². The Morgan fingerprint density at radius 2 is 1.31 bits per heavy atom. The van der Waals surface area contributed by atoms with Gasteiger partial charge >= 0.3 is 11.9 Å². The molecule has 0 amide bonds. The van der Waals surface area contributed by atoms with Crippen LogP contribution in [-0.2, 0) is 15.2 Å². The number of fused-ring (bicyclic) bond motifs is 2. The Bertz CT molecular complexity index is 1940. The van der Waals surface area contributed by atoms with Gasteiger partial charge in [-0.05, 0) is 116 Å². The number of carboxylic acids is 2. The number of carboxylic acid groups (broad SMARTS) is 2. The maximum atomic E-state index is 12.9. The Labute approximate surface area is 330 Å². The van der Waals surface area contributed by atoms with Crippen molar-refractivity contribution >= 4 is 46.7 Å². The van der Waals surface area contributed by atoms with E-state index in [1.54, 1.807) is 5.57 Å². The van der Waals surface area contributed by atoms with Crippen molar-refractivity contribution in [2.45, 2.75) is 53.9 Å². The Balaban J connectivity index is 0.000000179. The lowest BCUT2D eigenvalue weighted by atomic mass is 9.84. The normalized spacial score (nSPS) is 16.5. The van der Waals surface area contributed by atoms with E-state index in [-0.39, 0.29) is 11.6 Å². The zero-order valence-corrected chi connectivity index (χ0v) is 32.4. The van der Waals surface area contributed by atoms with Crippen LogP contribution in [0.5, 0.6) is 0 Å². The molecule has 2 saturated heterocycles. The summed E-state index contributed by atoms with van der Waals surface area (Å²) in [6, 6.07) is 30.8. The maximum absolute atomic E-state index is 12.9. The minimum absolute atomic E-state index is 0.0414. The van der Waals surface area contributed by atoms with E-state index in [4.69, 9.17) is 21.8 Å². The summed E-state index contributed by atoms with van der Waals surface area (Å²) < 4.78 is 12.9. The van der Waals surface area contributed by atoms with Crippen LogP contribution >= 0.6 is 23.4 Å². The molecule has 11 heteroatoms. The van der Waals surface area contributed by atoms with Gasteiger partial charge in [-0.15, -0.1) is 0 Å². The van der Waals surface area contributed by atoms with E-state index in [2.05, 4.69) is 65.4 Å². The van der Waals surface area contributed by atoms with Crippen molar-refractivity contribution in [1.82, 2.24) is 9.80 Å². The van der Waals surface area contributed by atoms with Crippen molar-refractivity contribution in [2.75, 3.05) is 39.8 Å². The number of halogens is 2. The van der Waals surface area contributed by atoms with Gasteiger partial charge in [-0.2, -0.15) is 0 Å². The van der Waals surface area contributed by atoms with Gasteiger partial charge in [-0.25, -0.2) is 14.0 Å². The number of aliphatic hydroxyl groups is 1. The highest BCUT2D eigenvalue weighted by Gasteiger charge is 2.33. The van der Waals surface area contributed by atoms with Gasteiger partial charge in [0.2, 0.25) is 0 Å². The number of benzene rings is 4. The smallest absolute Gasteiger partial charge is 0.328 e. The summed E-state index contributed by atoms with van der Waals surface area (Å²) in [6.07, 6.45) is 6.04. The Kier molecular flexibility index (Phi) is 15.0. The predicted octanol–water partition coefficient (Wildman–Crippen LogP) is 8.82. The molecule has 4 aromatic rings. The van der Waals surface area contributed by atoms with Gasteiger partial charge in [0.25, 0.3) is 0 Å². The van der Waals surface area contributed by atoms with E-state index >= 15 is 0 Å². The molecule has 0 radical (unpaired) electrons.